The Morgan fingerprint density at radius 3 is 1.96 bits per heavy atom. The van der Waals surface area contributed by atoms with Gasteiger partial charge >= 0.3 is 0 Å². The zero-order chi connectivity index (χ0) is 20.3. The molecule has 1 unspecified atom stereocenters. The molecule has 0 aliphatic rings. The summed E-state index contributed by atoms with van der Waals surface area (Å²) in [5.41, 5.74) is 2.48. The largest absolute Gasteiger partial charge is 0.598 e. The third-order valence-corrected chi connectivity index (χ3v) is 11.3. The van der Waals surface area contributed by atoms with Crippen LogP contribution in [0.3, 0.4) is 0 Å². The van der Waals surface area contributed by atoms with Crippen molar-refractivity contribution in [3.63, 3.8) is 0 Å². The third-order valence-electron chi connectivity index (χ3n) is 5.22. The molecule has 0 radical (unpaired) electrons. The predicted molar refractivity (Wildman–Crippen MR) is 117 cm³/mol. The van der Waals surface area contributed by atoms with Crippen molar-refractivity contribution in [3.05, 3.63) is 35.4 Å². The van der Waals surface area contributed by atoms with Gasteiger partial charge in [-0.3, -0.25) is 0 Å². The molecule has 1 N–H and O–H groups in total. The monoisotopic (exact) mass is 397 g/mol. The van der Waals surface area contributed by atoms with Crippen molar-refractivity contribution in [1.82, 2.24) is 4.72 Å². The average Bonchev–Trinajstić information content (AvgIpc) is 2.49. The Kier molecular flexibility index (Phi) is 8.01. The van der Waals surface area contributed by atoms with Crippen LogP contribution in [0, 0.1) is 0 Å². The van der Waals surface area contributed by atoms with Crippen LogP contribution in [0.5, 0.6) is 0 Å². The van der Waals surface area contributed by atoms with E-state index in [4.69, 9.17) is 4.43 Å². The molecule has 0 heterocycles. The smallest absolute Gasteiger partial charge is 0.192 e. The van der Waals surface area contributed by atoms with Crippen molar-refractivity contribution < 1.29 is 8.98 Å². The van der Waals surface area contributed by atoms with Crippen LogP contribution in [0.2, 0.25) is 18.1 Å². The minimum atomic E-state index is -1.88. The van der Waals surface area contributed by atoms with E-state index in [9.17, 15) is 4.55 Å². The maximum Gasteiger partial charge on any atom is 0.192 e. The van der Waals surface area contributed by atoms with Gasteiger partial charge in [0.25, 0.3) is 0 Å². The van der Waals surface area contributed by atoms with Crippen LogP contribution in [0.4, 0.5) is 0 Å². The van der Waals surface area contributed by atoms with E-state index in [1.165, 1.54) is 11.1 Å². The fourth-order valence-electron chi connectivity index (χ4n) is 2.36. The summed E-state index contributed by atoms with van der Waals surface area (Å²) in [7, 11) is -1.88. The molecule has 0 bridgehead atoms. The van der Waals surface area contributed by atoms with Crippen molar-refractivity contribution in [2.75, 3.05) is 6.61 Å². The van der Waals surface area contributed by atoms with E-state index in [0.29, 0.717) is 12.5 Å². The molecule has 1 aromatic carbocycles. The third kappa shape index (κ3) is 6.38. The Balaban J connectivity index is 3.16. The highest BCUT2D eigenvalue weighted by Crippen LogP contribution is 2.37. The highest BCUT2D eigenvalue weighted by molar-refractivity contribution is 7.90. The lowest BCUT2D eigenvalue weighted by Gasteiger charge is -2.38. The van der Waals surface area contributed by atoms with Crippen molar-refractivity contribution >= 4 is 19.7 Å². The van der Waals surface area contributed by atoms with E-state index in [0.717, 1.165) is 0 Å². The van der Waals surface area contributed by atoms with Gasteiger partial charge in [-0.2, -0.15) is 0 Å². The summed E-state index contributed by atoms with van der Waals surface area (Å²) >= 11 is -1.15. The Morgan fingerprint density at radius 2 is 1.54 bits per heavy atom. The molecule has 0 fully saturated rings. The first-order chi connectivity index (χ1) is 11.7. The molecule has 1 aromatic rings. The lowest BCUT2D eigenvalue weighted by molar-refractivity contribution is 0.255. The van der Waals surface area contributed by atoms with E-state index in [1.54, 1.807) is 0 Å². The topological polar surface area (TPSA) is 44.3 Å². The fraction of sp³-hybridized carbons (Fsp3) is 0.714. The van der Waals surface area contributed by atoms with Gasteiger partial charge in [-0.15, -0.1) is 4.72 Å². The second-order valence-corrected chi connectivity index (χ2v) is 16.7. The van der Waals surface area contributed by atoms with Gasteiger partial charge in [0, 0.05) is 11.4 Å². The Bertz CT molecular complexity index is 576. The molecule has 3 nitrogen and oxygen atoms in total. The van der Waals surface area contributed by atoms with Crippen LogP contribution >= 0.6 is 0 Å². The van der Waals surface area contributed by atoms with Crippen LogP contribution < -0.4 is 4.72 Å². The summed E-state index contributed by atoms with van der Waals surface area (Å²) in [6.07, 6.45) is 0. The second kappa shape index (κ2) is 8.78. The highest BCUT2D eigenvalue weighted by atomic mass is 32.2. The summed E-state index contributed by atoms with van der Waals surface area (Å²) in [5.74, 6) is 0.409. The van der Waals surface area contributed by atoms with Gasteiger partial charge in [-0.1, -0.05) is 58.9 Å². The zero-order valence-electron chi connectivity index (χ0n) is 18.4. The first-order valence-corrected chi connectivity index (χ1v) is 13.6. The molecule has 5 heteroatoms. The molecule has 0 spiro atoms. The van der Waals surface area contributed by atoms with Gasteiger partial charge in [-0.25, -0.2) is 0 Å². The molecular weight excluding hydrogens is 358 g/mol. The summed E-state index contributed by atoms with van der Waals surface area (Å²) < 4.78 is 22.4. The Hall–Kier alpha value is -0.333. The molecule has 0 saturated carbocycles. The SMILES string of the molecule is CC(C)c1ccccc1[C@H](CO[Si](C)(C)C(C)(C)C)N[S+]([O-])C(C)(C)C. The molecule has 0 aromatic heterocycles. The van der Waals surface area contributed by atoms with Gasteiger partial charge in [0.05, 0.1) is 12.6 Å². The van der Waals surface area contributed by atoms with Crippen molar-refractivity contribution in [3.8, 4) is 0 Å². The molecule has 150 valence electrons. The first kappa shape index (κ1) is 23.7. The van der Waals surface area contributed by atoms with Crippen LogP contribution in [0.15, 0.2) is 24.3 Å². The number of rotatable bonds is 7. The van der Waals surface area contributed by atoms with Crippen LogP contribution in [-0.2, 0) is 15.8 Å². The summed E-state index contributed by atoms with van der Waals surface area (Å²) in [5, 5.41) is 0.151. The minimum absolute atomic E-state index is 0.0808. The van der Waals surface area contributed by atoms with Crippen molar-refractivity contribution in [2.24, 2.45) is 0 Å². The van der Waals surface area contributed by atoms with Gasteiger partial charge in [0.1, 0.15) is 4.75 Å². The molecule has 1 rings (SSSR count). The molecular formula is C21H39NO2SSi. The standard InChI is InChI=1S/C21H39NO2SSi/c1-16(2)17-13-11-12-14-18(17)19(22-25(23)20(3,4)5)15-24-26(9,10)21(6,7)8/h11-14,16,19,22H,15H2,1-10H3/t19-,25?/m0/s1. The predicted octanol–water partition coefficient (Wildman–Crippen LogP) is 5.92. The fourth-order valence-corrected chi connectivity index (χ4v) is 4.18. The van der Waals surface area contributed by atoms with Crippen LogP contribution in [0.1, 0.15) is 78.5 Å². The molecule has 0 aliphatic carbocycles. The lowest BCUT2D eigenvalue weighted by atomic mass is 9.93. The molecule has 0 saturated heterocycles. The molecule has 2 atom stereocenters. The maximum atomic E-state index is 12.8. The molecule has 0 aliphatic heterocycles. The number of hydrogen-bond donors (Lipinski definition) is 1. The zero-order valence-corrected chi connectivity index (χ0v) is 20.2. The number of hydrogen-bond acceptors (Lipinski definition) is 3. The minimum Gasteiger partial charge on any atom is -0.598 e. The van der Waals surface area contributed by atoms with E-state index < -0.39 is 19.7 Å². The first-order valence-electron chi connectivity index (χ1n) is 9.57. The van der Waals surface area contributed by atoms with E-state index in [1.807, 2.05) is 20.8 Å². The normalized spacial score (nSPS) is 16.0. The van der Waals surface area contributed by atoms with Gasteiger partial charge in [0.2, 0.25) is 0 Å². The second-order valence-electron chi connectivity index (χ2n) is 9.91. The van der Waals surface area contributed by atoms with Gasteiger partial charge in [-0.05, 0) is 55.9 Å². The maximum absolute atomic E-state index is 12.8. The quantitative estimate of drug-likeness (QED) is 0.458. The molecule has 26 heavy (non-hydrogen) atoms. The Morgan fingerprint density at radius 1 is 1.04 bits per heavy atom. The highest BCUT2D eigenvalue weighted by Gasteiger charge is 2.39. The summed E-state index contributed by atoms with van der Waals surface area (Å²) in [6.45, 7) is 22.2. The summed E-state index contributed by atoms with van der Waals surface area (Å²) in [4.78, 5) is 0. The van der Waals surface area contributed by atoms with Crippen molar-refractivity contribution in [1.29, 1.82) is 0 Å². The van der Waals surface area contributed by atoms with Crippen molar-refractivity contribution in [2.45, 2.75) is 90.2 Å². The van der Waals surface area contributed by atoms with Gasteiger partial charge < -0.3 is 8.98 Å². The number of nitrogens with one attached hydrogen (secondary N) is 1. The van der Waals surface area contributed by atoms with E-state index in [-0.39, 0.29) is 15.8 Å². The lowest BCUT2D eigenvalue weighted by Crippen LogP contribution is -2.46. The van der Waals surface area contributed by atoms with Crippen LogP contribution in [0.25, 0.3) is 0 Å². The van der Waals surface area contributed by atoms with Crippen LogP contribution in [-0.4, -0.2) is 24.2 Å². The number of benzene rings is 1. The average molecular weight is 398 g/mol. The van der Waals surface area contributed by atoms with E-state index >= 15 is 0 Å². The van der Waals surface area contributed by atoms with E-state index in [2.05, 4.69) is 76.7 Å². The van der Waals surface area contributed by atoms with Gasteiger partial charge in [0.15, 0.2) is 8.32 Å². The molecule has 0 amide bonds. The Labute approximate surface area is 165 Å². The summed E-state index contributed by atoms with van der Waals surface area (Å²) in [6, 6.07) is 8.36.